The first-order chi connectivity index (χ1) is 24.2. The third-order valence-corrected chi connectivity index (χ3v) is 9.53. The molecule has 3 aromatic rings. The lowest BCUT2D eigenvalue weighted by Gasteiger charge is -2.36. The van der Waals surface area contributed by atoms with Crippen molar-refractivity contribution < 1.29 is 45.8 Å². The molecule has 2 amide bonds. The molecule has 14 heteroatoms. The molecular formula is C37H39ClF5N3O5. The number of likely N-dealkylation sites (tertiary alicyclic amines) is 1. The maximum atomic E-state index is 16.5. The second-order valence-corrected chi connectivity index (χ2v) is 13.4. The Bertz CT molecular complexity index is 1640. The molecule has 2 atom stereocenters. The molecule has 51 heavy (non-hydrogen) atoms. The first kappa shape index (κ1) is 38.0. The minimum atomic E-state index is -5.50. The molecule has 3 N–H and O–H groups in total. The molecule has 1 aliphatic carbocycles. The van der Waals surface area contributed by atoms with Crippen LogP contribution in [0.2, 0.25) is 5.02 Å². The van der Waals surface area contributed by atoms with Gasteiger partial charge in [-0.3, -0.25) is 9.59 Å². The van der Waals surface area contributed by atoms with Gasteiger partial charge in [0.1, 0.15) is 5.75 Å². The highest BCUT2D eigenvalue weighted by atomic mass is 35.5. The summed E-state index contributed by atoms with van der Waals surface area (Å²) in [6.07, 6.45) is -1.84. The first-order valence-electron chi connectivity index (χ1n) is 16.8. The molecule has 2 aliphatic rings. The summed E-state index contributed by atoms with van der Waals surface area (Å²) < 4.78 is 83.4. The number of amides is 2. The fourth-order valence-electron chi connectivity index (χ4n) is 6.28. The van der Waals surface area contributed by atoms with Gasteiger partial charge < -0.3 is 25.4 Å². The minimum absolute atomic E-state index is 0.0206. The molecule has 0 bridgehead atoms. The Hall–Kier alpha value is -4.23. The van der Waals surface area contributed by atoms with Gasteiger partial charge in [-0.25, -0.2) is 4.79 Å². The smallest absolute Gasteiger partial charge is 0.490 e. The number of carbonyl (C=O) groups is 3. The van der Waals surface area contributed by atoms with E-state index in [-0.39, 0.29) is 24.7 Å². The number of carbonyl (C=O) groups excluding carboxylic acids is 3. The highest BCUT2D eigenvalue weighted by molar-refractivity contribution is 6.30. The van der Waals surface area contributed by atoms with E-state index >= 15 is 8.78 Å². The average molecular weight is 736 g/mol. The number of benzene rings is 3. The number of ether oxygens (including phenoxy) is 2. The summed E-state index contributed by atoms with van der Waals surface area (Å²) in [6, 6.07) is 14.0. The van der Waals surface area contributed by atoms with Crippen molar-refractivity contribution in [2.24, 2.45) is 11.7 Å². The van der Waals surface area contributed by atoms with Crippen LogP contribution in [0, 0.1) is 5.92 Å². The highest BCUT2D eigenvalue weighted by Crippen LogP contribution is 2.36. The molecule has 2 fully saturated rings. The number of nitrogens with one attached hydrogen (secondary N) is 1. The van der Waals surface area contributed by atoms with Crippen molar-refractivity contribution in [1.29, 1.82) is 0 Å². The predicted molar refractivity (Wildman–Crippen MR) is 180 cm³/mol. The molecule has 1 saturated carbocycles. The number of alkyl halides is 5. The highest BCUT2D eigenvalue weighted by Gasteiger charge is 2.50. The van der Waals surface area contributed by atoms with Gasteiger partial charge in [0, 0.05) is 35.3 Å². The number of halogens is 6. The average Bonchev–Trinajstić information content (AvgIpc) is 3.12. The third-order valence-electron chi connectivity index (χ3n) is 9.28. The number of esters is 1. The fraction of sp³-hybridized carbons (Fsp3) is 0.432. The second kappa shape index (κ2) is 16.4. The lowest BCUT2D eigenvalue weighted by atomic mass is 9.90. The van der Waals surface area contributed by atoms with Gasteiger partial charge in [0.25, 0.3) is 11.8 Å². The van der Waals surface area contributed by atoms with Crippen molar-refractivity contribution >= 4 is 29.4 Å². The monoisotopic (exact) mass is 735 g/mol. The van der Waals surface area contributed by atoms with Gasteiger partial charge in [-0.1, -0.05) is 79.4 Å². The number of piperidine rings is 1. The van der Waals surface area contributed by atoms with Crippen LogP contribution < -0.4 is 15.8 Å². The first-order valence-corrected chi connectivity index (χ1v) is 17.2. The molecule has 1 saturated heterocycles. The maximum Gasteiger partial charge on any atom is 0.490 e. The molecule has 1 heterocycles. The van der Waals surface area contributed by atoms with Crippen molar-refractivity contribution in [2.45, 2.75) is 75.2 Å². The van der Waals surface area contributed by atoms with Crippen LogP contribution in [0.15, 0.2) is 72.8 Å². The van der Waals surface area contributed by atoms with E-state index in [0.29, 0.717) is 47.3 Å². The lowest BCUT2D eigenvalue weighted by molar-refractivity contribution is -0.206. The van der Waals surface area contributed by atoms with Crippen LogP contribution in [0.5, 0.6) is 5.75 Å². The molecule has 0 radical (unpaired) electrons. The van der Waals surface area contributed by atoms with E-state index in [2.05, 4.69) is 4.74 Å². The number of nitrogens with zero attached hydrogens (tertiary/aromatic N) is 1. The standard InChI is InChI=1S/C37H39ClF5N3O5/c38-28-14-8-25(9-15-28)24-6-12-27(13-7-24)36(39,40)32(34(48)46-20-18-29(44)19-21-46)45-33(47)31(51-35(49)37(41,42)43)26-10-16-30(17-11-26)50-22-23-4-2-1-3-5-23/h6-17,23,29,31-32H,1-5,18-22,44H2,(H,45,47)/t31-,32-/m0/s1. The largest absolute Gasteiger partial charge is 0.493 e. The Labute approximate surface area is 297 Å². The van der Waals surface area contributed by atoms with Gasteiger partial charge in [0.05, 0.1) is 6.61 Å². The van der Waals surface area contributed by atoms with E-state index in [4.69, 9.17) is 22.1 Å². The summed E-state index contributed by atoms with van der Waals surface area (Å²) in [5.74, 6) is -8.79. The quantitative estimate of drug-likeness (QED) is 0.158. The molecule has 5 rings (SSSR count). The van der Waals surface area contributed by atoms with Gasteiger partial charge >= 0.3 is 18.1 Å². The van der Waals surface area contributed by atoms with Crippen LogP contribution in [-0.4, -0.2) is 60.6 Å². The van der Waals surface area contributed by atoms with Crippen LogP contribution in [0.25, 0.3) is 11.1 Å². The normalized spacial score (nSPS) is 17.4. The summed E-state index contributed by atoms with van der Waals surface area (Å²) in [4.78, 5) is 40.5. The van der Waals surface area contributed by atoms with Crippen LogP contribution in [0.4, 0.5) is 22.0 Å². The zero-order valence-electron chi connectivity index (χ0n) is 27.6. The summed E-state index contributed by atoms with van der Waals surface area (Å²) >= 11 is 5.95. The minimum Gasteiger partial charge on any atom is -0.493 e. The third kappa shape index (κ3) is 9.76. The van der Waals surface area contributed by atoms with Gasteiger partial charge in [0.15, 0.2) is 6.04 Å². The van der Waals surface area contributed by atoms with Gasteiger partial charge in [0.2, 0.25) is 6.10 Å². The van der Waals surface area contributed by atoms with Crippen molar-refractivity contribution in [3.05, 3.63) is 88.9 Å². The lowest BCUT2D eigenvalue weighted by Crippen LogP contribution is -2.58. The van der Waals surface area contributed by atoms with E-state index in [0.717, 1.165) is 49.1 Å². The molecule has 0 unspecified atom stereocenters. The van der Waals surface area contributed by atoms with E-state index in [9.17, 15) is 27.6 Å². The number of hydrogen-bond donors (Lipinski definition) is 2. The van der Waals surface area contributed by atoms with Crippen LogP contribution >= 0.6 is 11.6 Å². The molecular weight excluding hydrogens is 697 g/mol. The number of rotatable bonds is 11. The summed E-state index contributed by atoms with van der Waals surface area (Å²) in [6.45, 7) is 0.465. The Balaban J connectivity index is 1.42. The van der Waals surface area contributed by atoms with Crippen LogP contribution in [0.1, 0.15) is 62.2 Å². The zero-order chi connectivity index (χ0) is 36.8. The van der Waals surface area contributed by atoms with Crippen molar-refractivity contribution in [3.8, 4) is 16.9 Å². The van der Waals surface area contributed by atoms with E-state index < -0.39 is 47.6 Å². The van der Waals surface area contributed by atoms with Crippen LogP contribution in [0.3, 0.4) is 0 Å². The molecule has 0 aromatic heterocycles. The molecule has 274 valence electrons. The van der Waals surface area contributed by atoms with Crippen molar-refractivity contribution in [1.82, 2.24) is 10.2 Å². The zero-order valence-corrected chi connectivity index (χ0v) is 28.4. The maximum absolute atomic E-state index is 16.5. The molecule has 1 aliphatic heterocycles. The van der Waals surface area contributed by atoms with Crippen molar-refractivity contribution in [2.75, 3.05) is 19.7 Å². The Morgan fingerprint density at radius 2 is 1.39 bits per heavy atom. The number of nitrogens with two attached hydrogens (primary N) is 1. The predicted octanol–water partition coefficient (Wildman–Crippen LogP) is 7.34. The Morgan fingerprint density at radius 3 is 1.96 bits per heavy atom. The summed E-state index contributed by atoms with van der Waals surface area (Å²) in [7, 11) is 0. The Morgan fingerprint density at radius 1 is 0.824 bits per heavy atom. The fourth-order valence-corrected chi connectivity index (χ4v) is 6.40. The van der Waals surface area contributed by atoms with E-state index in [1.807, 2.05) is 5.32 Å². The van der Waals surface area contributed by atoms with Gasteiger partial charge in [-0.2, -0.15) is 22.0 Å². The topological polar surface area (TPSA) is 111 Å². The summed E-state index contributed by atoms with van der Waals surface area (Å²) in [5, 5.41) is 2.44. The molecule has 0 spiro atoms. The molecule has 3 aromatic carbocycles. The summed E-state index contributed by atoms with van der Waals surface area (Å²) in [5.41, 5.74) is 6.29. The van der Waals surface area contributed by atoms with Crippen LogP contribution in [-0.2, 0) is 25.0 Å². The van der Waals surface area contributed by atoms with Gasteiger partial charge in [-0.05, 0) is 67.0 Å². The Kier molecular flexibility index (Phi) is 12.2. The second-order valence-electron chi connectivity index (χ2n) is 13.0. The molecule has 8 nitrogen and oxygen atoms in total. The van der Waals surface area contributed by atoms with Gasteiger partial charge in [-0.15, -0.1) is 0 Å². The SMILES string of the molecule is NC1CCN(C(=O)[C@H](NC(=O)[C@@H](OC(=O)C(F)(F)F)c2ccc(OCC3CCCCC3)cc2)C(F)(F)c2ccc(-c3ccc(Cl)cc3)cc2)CC1. The van der Waals surface area contributed by atoms with E-state index in [1.165, 1.54) is 36.4 Å². The van der Waals surface area contributed by atoms with E-state index in [1.54, 1.807) is 24.3 Å². The van der Waals surface area contributed by atoms with Crippen molar-refractivity contribution in [3.63, 3.8) is 0 Å². The number of hydrogen-bond acceptors (Lipinski definition) is 6.